The third-order valence-corrected chi connectivity index (χ3v) is 15.8. The Morgan fingerprint density at radius 2 is 0.886 bits per heavy atom. The number of furan rings is 1. The molecule has 2 heterocycles. The molecule has 0 fully saturated rings. The molecule has 0 unspecified atom stereocenters. The number of hydrogen-bond acceptors (Lipinski definition) is 3. The third kappa shape index (κ3) is 6.25. The highest BCUT2D eigenvalue weighted by Gasteiger charge is 2.47. The molecule has 0 bridgehead atoms. The molecule has 70 heavy (non-hydrogen) atoms. The number of nitrogens with zero attached hydrogens (tertiary/aromatic N) is 1. The lowest BCUT2D eigenvalue weighted by Gasteiger charge is -2.34. The highest BCUT2D eigenvalue weighted by molar-refractivity contribution is 7.26. The Kier molecular flexibility index (Phi) is 9.33. The maximum Gasteiger partial charge on any atom is 0.135 e. The smallest absolute Gasteiger partial charge is 0.135 e. The number of para-hydroxylation sites is 1. The van der Waals surface area contributed by atoms with Crippen molar-refractivity contribution in [3.63, 3.8) is 0 Å². The SMILES string of the molecule is c1ccc(C2(c3ccccc3)c3ccccc3-c3c(N(c4ccc(-c5cccc(-c6ccc7oc8ccccc8c7c6)c5)cc4)c4ccc(-c5cccc6c5sc5ccccc56)cc4)cccc32)cc1. The highest BCUT2D eigenvalue weighted by atomic mass is 32.1. The van der Waals surface area contributed by atoms with Gasteiger partial charge in [-0.15, -0.1) is 11.3 Å². The van der Waals surface area contributed by atoms with E-state index in [9.17, 15) is 0 Å². The second-order valence-electron chi connectivity index (χ2n) is 18.3. The first-order valence-corrected chi connectivity index (χ1v) is 24.8. The molecule has 1 aliphatic rings. The van der Waals surface area contributed by atoms with E-state index in [-0.39, 0.29) is 0 Å². The van der Waals surface area contributed by atoms with Crippen LogP contribution in [0.4, 0.5) is 17.1 Å². The number of thiophene rings is 1. The fraction of sp³-hybridized carbons (Fsp3) is 0.0149. The average Bonchev–Trinajstić information content (AvgIpc) is 4.11. The molecule has 0 atom stereocenters. The molecule has 0 N–H and O–H groups in total. The van der Waals surface area contributed by atoms with Crippen molar-refractivity contribution in [1.29, 1.82) is 0 Å². The molecule has 11 aromatic carbocycles. The molecule has 3 heteroatoms. The number of rotatable bonds is 8. The lowest BCUT2D eigenvalue weighted by Crippen LogP contribution is -2.28. The van der Waals surface area contributed by atoms with Gasteiger partial charge in [-0.2, -0.15) is 0 Å². The van der Waals surface area contributed by atoms with Crippen molar-refractivity contribution in [2.24, 2.45) is 0 Å². The third-order valence-electron chi connectivity index (χ3n) is 14.6. The Hall–Kier alpha value is -8.76. The summed E-state index contributed by atoms with van der Waals surface area (Å²) in [7, 11) is 0. The van der Waals surface area contributed by atoms with E-state index in [1.54, 1.807) is 0 Å². The van der Waals surface area contributed by atoms with Crippen molar-refractivity contribution in [1.82, 2.24) is 0 Å². The van der Waals surface area contributed by atoms with Crippen LogP contribution in [0.2, 0.25) is 0 Å². The largest absolute Gasteiger partial charge is 0.456 e. The van der Waals surface area contributed by atoms with Crippen LogP contribution in [0.15, 0.2) is 265 Å². The number of anilines is 3. The Bertz CT molecular complexity index is 4070. The molecule has 1 aliphatic carbocycles. The summed E-state index contributed by atoms with van der Waals surface area (Å²) in [5.41, 5.74) is 19.3. The van der Waals surface area contributed by atoms with Gasteiger partial charge in [0.2, 0.25) is 0 Å². The van der Waals surface area contributed by atoms with Gasteiger partial charge in [0, 0.05) is 47.9 Å². The van der Waals surface area contributed by atoms with Gasteiger partial charge in [0.05, 0.1) is 11.1 Å². The van der Waals surface area contributed by atoms with Gasteiger partial charge in [0.15, 0.2) is 0 Å². The average molecular weight is 910 g/mol. The fourth-order valence-electron chi connectivity index (χ4n) is 11.4. The summed E-state index contributed by atoms with van der Waals surface area (Å²) < 4.78 is 8.80. The van der Waals surface area contributed by atoms with E-state index >= 15 is 0 Å². The zero-order valence-electron chi connectivity index (χ0n) is 38.1. The van der Waals surface area contributed by atoms with Crippen molar-refractivity contribution < 1.29 is 4.42 Å². The van der Waals surface area contributed by atoms with Crippen LogP contribution >= 0.6 is 11.3 Å². The van der Waals surface area contributed by atoms with E-state index in [1.807, 2.05) is 23.5 Å². The zero-order chi connectivity index (χ0) is 46.2. The van der Waals surface area contributed by atoms with Crippen LogP contribution in [-0.2, 0) is 5.41 Å². The van der Waals surface area contributed by atoms with Crippen LogP contribution in [0, 0.1) is 0 Å². The van der Waals surface area contributed by atoms with Gasteiger partial charge in [-0.3, -0.25) is 0 Å². The quantitative estimate of drug-likeness (QED) is 0.151. The van der Waals surface area contributed by atoms with Crippen LogP contribution in [0.3, 0.4) is 0 Å². The van der Waals surface area contributed by atoms with Crippen molar-refractivity contribution in [2.45, 2.75) is 5.41 Å². The maximum atomic E-state index is 6.17. The highest BCUT2D eigenvalue weighted by Crippen LogP contribution is 2.59. The van der Waals surface area contributed by atoms with E-state index in [0.717, 1.165) is 55.7 Å². The zero-order valence-corrected chi connectivity index (χ0v) is 38.9. The summed E-state index contributed by atoms with van der Waals surface area (Å²) in [6, 6.07) is 95.6. The molecule has 0 radical (unpaired) electrons. The lowest BCUT2D eigenvalue weighted by molar-refractivity contribution is 0.669. The predicted octanol–water partition coefficient (Wildman–Crippen LogP) is 18.8. The first-order valence-electron chi connectivity index (χ1n) is 24.0. The second-order valence-corrected chi connectivity index (χ2v) is 19.4. The Balaban J connectivity index is 0.925. The van der Waals surface area contributed by atoms with E-state index in [4.69, 9.17) is 4.42 Å². The predicted molar refractivity (Wildman–Crippen MR) is 295 cm³/mol. The monoisotopic (exact) mass is 909 g/mol. The lowest BCUT2D eigenvalue weighted by atomic mass is 9.68. The van der Waals surface area contributed by atoms with Crippen molar-refractivity contribution >= 4 is 70.5 Å². The summed E-state index contributed by atoms with van der Waals surface area (Å²) in [5, 5.41) is 4.89. The maximum absolute atomic E-state index is 6.17. The Labute approximate surface area is 410 Å². The van der Waals surface area contributed by atoms with Crippen LogP contribution in [0.25, 0.3) is 86.6 Å². The van der Waals surface area contributed by atoms with Crippen molar-refractivity contribution in [2.75, 3.05) is 4.90 Å². The van der Waals surface area contributed by atoms with E-state index in [2.05, 4.69) is 254 Å². The van der Waals surface area contributed by atoms with Crippen LogP contribution in [0.1, 0.15) is 22.3 Å². The summed E-state index contributed by atoms with van der Waals surface area (Å²) in [6.45, 7) is 0. The summed E-state index contributed by atoms with van der Waals surface area (Å²) in [5.74, 6) is 0. The van der Waals surface area contributed by atoms with Crippen LogP contribution < -0.4 is 4.90 Å². The molecule has 0 amide bonds. The number of benzene rings is 11. The molecule has 14 rings (SSSR count). The van der Waals surface area contributed by atoms with Crippen LogP contribution in [-0.4, -0.2) is 0 Å². The first kappa shape index (κ1) is 40.3. The van der Waals surface area contributed by atoms with Gasteiger partial charge in [-0.25, -0.2) is 0 Å². The molecule has 2 aromatic heterocycles. The van der Waals surface area contributed by atoms with E-state index in [1.165, 1.54) is 70.2 Å². The second kappa shape index (κ2) is 16.2. The standard InChI is InChI=1S/C67H43NOS/c1-3-18-49(19-4-1)67(50-20-5-2-6-21-50)59-27-10-7-24-57(59)65-60(67)28-15-29-61(65)68(52-39-34-45(35-40-52)53-25-14-26-56-55-23-9-12-31-64(55)70-66(53)56)51-37-32-44(33-38-51)46-16-13-17-47(42-46)48-36-41-63-58(43-48)54-22-8-11-30-62(54)69-63/h1-43H. The van der Waals surface area contributed by atoms with Gasteiger partial charge >= 0.3 is 0 Å². The summed E-state index contributed by atoms with van der Waals surface area (Å²) >= 11 is 1.88. The van der Waals surface area contributed by atoms with Gasteiger partial charge < -0.3 is 9.32 Å². The van der Waals surface area contributed by atoms with Crippen molar-refractivity contribution in [3.8, 4) is 44.5 Å². The fourth-order valence-corrected chi connectivity index (χ4v) is 12.7. The van der Waals surface area contributed by atoms with E-state index < -0.39 is 5.41 Å². The number of fused-ring (bicyclic) bond motifs is 9. The Morgan fingerprint density at radius 1 is 0.343 bits per heavy atom. The van der Waals surface area contributed by atoms with Gasteiger partial charge in [0.25, 0.3) is 0 Å². The van der Waals surface area contributed by atoms with Crippen LogP contribution in [0.5, 0.6) is 0 Å². The molecule has 13 aromatic rings. The topological polar surface area (TPSA) is 16.4 Å². The van der Waals surface area contributed by atoms with E-state index in [0.29, 0.717) is 0 Å². The Morgan fingerprint density at radius 3 is 1.66 bits per heavy atom. The minimum Gasteiger partial charge on any atom is -0.456 e. The normalized spacial score (nSPS) is 12.7. The molecule has 328 valence electrons. The van der Waals surface area contributed by atoms with Gasteiger partial charge in [-0.1, -0.05) is 200 Å². The van der Waals surface area contributed by atoms with Gasteiger partial charge in [0.1, 0.15) is 11.2 Å². The summed E-state index contributed by atoms with van der Waals surface area (Å²) in [4.78, 5) is 2.47. The molecular weight excluding hydrogens is 867 g/mol. The number of hydrogen-bond donors (Lipinski definition) is 0. The molecule has 0 saturated carbocycles. The summed E-state index contributed by atoms with van der Waals surface area (Å²) in [6.07, 6.45) is 0. The van der Waals surface area contributed by atoms with Crippen molar-refractivity contribution in [3.05, 3.63) is 283 Å². The molecule has 0 saturated heterocycles. The molecular formula is C67H43NOS. The minimum absolute atomic E-state index is 0.521. The minimum atomic E-state index is -0.521. The molecule has 0 aliphatic heterocycles. The first-order chi connectivity index (χ1) is 34.7. The van der Waals surface area contributed by atoms with Gasteiger partial charge in [-0.05, 0) is 122 Å². The molecule has 0 spiro atoms. The molecule has 2 nitrogen and oxygen atoms in total.